The van der Waals surface area contributed by atoms with E-state index in [1.165, 1.54) is 11.9 Å². The van der Waals surface area contributed by atoms with Crippen LogP contribution in [0.1, 0.15) is 32.8 Å². The highest BCUT2D eigenvalue weighted by molar-refractivity contribution is 9.10. The van der Waals surface area contributed by atoms with Gasteiger partial charge in [-0.1, -0.05) is 65.3 Å². The van der Waals surface area contributed by atoms with Gasteiger partial charge in [-0.2, -0.15) is 4.31 Å². The molecule has 0 aliphatic heterocycles. The molecule has 0 spiro atoms. The lowest BCUT2D eigenvalue weighted by molar-refractivity contribution is -0.140. The van der Waals surface area contributed by atoms with Crippen molar-refractivity contribution in [3.8, 4) is 0 Å². The van der Waals surface area contributed by atoms with Crippen LogP contribution in [0.5, 0.6) is 0 Å². The van der Waals surface area contributed by atoms with Crippen LogP contribution in [0.4, 0.5) is 0 Å². The second kappa shape index (κ2) is 12.0. The van der Waals surface area contributed by atoms with Gasteiger partial charge in [-0.25, -0.2) is 8.42 Å². The van der Waals surface area contributed by atoms with E-state index in [4.69, 9.17) is 0 Å². The van der Waals surface area contributed by atoms with E-state index in [1.54, 1.807) is 25.1 Å². The van der Waals surface area contributed by atoms with Crippen molar-refractivity contribution in [3.63, 3.8) is 0 Å². The van der Waals surface area contributed by atoms with E-state index in [9.17, 15) is 18.0 Å². The molecule has 3 aromatic rings. The number of rotatable bonds is 10. The molecule has 0 aromatic heterocycles. The lowest BCUT2D eigenvalue weighted by atomic mass is 10.1. The number of fused-ring (bicyclic) bond motifs is 1. The number of sulfonamides is 1. The van der Waals surface area contributed by atoms with Gasteiger partial charge in [0.1, 0.15) is 6.04 Å². The fourth-order valence-corrected chi connectivity index (χ4v) is 5.36. The molecule has 0 aliphatic rings. The quantitative estimate of drug-likeness (QED) is 0.385. The maximum atomic E-state index is 13.5. The molecule has 0 aliphatic carbocycles. The van der Waals surface area contributed by atoms with Gasteiger partial charge in [-0.05, 0) is 60.9 Å². The summed E-state index contributed by atoms with van der Waals surface area (Å²) in [5.74, 6) is -0.749. The van der Waals surface area contributed by atoms with Gasteiger partial charge in [0.05, 0.1) is 11.4 Å². The molecule has 36 heavy (non-hydrogen) atoms. The first-order valence-corrected chi connectivity index (χ1v) is 14.1. The maximum absolute atomic E-state index is 13.5. The van der Waals surface area contributed by atoms with Crippen LogP contribution < -0.4 is 5.32 Å². The molecule has 192 valence electrons. The van der Waals surface area contributed by atoms with E-state index >= 15 is 0 Å². The van der Waals surface area contributed by atoms with Gasteiger partial charge < -0.3 is 10.2 Å². The molecule has 9 heteroatoms. The summed E-state index contributed by atoms with van der Waals surface area (Å²) in [6.45, 7) is 5.29. The van der Waals surface area contributed by atoms with Crippen LogP contribution in [0.3, 0.4) is 0 Å². The number of halogens is 1. The molecule has 0 fully saturated rings. The Labute approximate surface area is 221 Å². The molecule has 7 nitrogen and oxygen atoms in total. The summed E-state index contributed by atoms with van der Waals surface area (Å²) in [6.07, 6.45) is 0.755. The molecule has 3 aromatic carbocycles. The molecular formula is C27H32BrN3O4S. The number of nitrogens with one attached hydrogen (secondary N) is 1. The second-order valence-electron chi connectivity index (χ2n) is 8.92. The summed E-state index contributed by atoms with van der Waals surface area (Å²) in [4.78, 5) is 27.9. The van der Waals surface area contributed by atoms with Crippen molar-refractivity contribution in [3.05, 3.63) is 76.8 Å². The Balaban J connectivity index is 1.85. The lowest BCUT2D eigenvalue weighted by Crippen LogP contribution is -2.51. The van der Waals surface area contributed by atoms with Gasteiger partial charge in [-0.15, -0.1) is 0 Å². The van der Waals surface area contributed by atoms with Crippen molar-refractivity contribution in [2.75, 3.05) is 13.6 Å². The largest absolute Gasteiger partial charge is 0.352 e. The third-order valence-electron chi connectivity index (χ3n) is 6.20. The SMILES string of the molecule is CCC(C)NC(=O)C(C)N(Cc1cccc(Br)c1)C(=O)CN(C)S(=O)(=O)c1ccc2ccccc2c1. The van der Waals surface area contributed by atoms with Gasteiger partial charge in [0.25, 0.3) is 0 Å². The predicted octanol–water partition coefficient (Wildman–Crippen LogP) is 4.55. The molecule has 0 heterocycles. The number of hydrogen-bond acceptors (Lipinski definition) is 4. The Morgan fingerprint density at radius 1 is 0.972 bits per heavy atom. The summed E-state index contributed by atoms with van der Waals surface area (Å²) >= 11 is 3.44. The first-order valence-electron chi connectivity index (χ1n) is 11.8. The topological polar surface area (TPSA) is 86.8 Å². The van der Waals surface area contributed by atoms with E-state index in [1.807, 2.05) is 62.4 Å². The highest BCUT2D eigenvalue weighted by Crippen LogP contribution is 2.22. The molecule has 2 amide bonds. The summed E-state index contributed by atoms with van der Waals surface area (Å²) in [6, 6.07) is 19.0. The summed E-state index contributed by atoms with van der Waals surface area (Å²) in [5.41, 5.74) is 0.820. The Morgan fingerprint density at radius 2 is 1.67 bits per heavy atom. The van der Waals surface area contributed by atoms with Gasteiger partial charge in [0.15, 0.2) is 0 Å². The monoisotopic (exact) mass is 573 g/mol. The average Bonchev–Trinajstić information content (AvgIpc) is 2.86. The van der Waals surface area contributed by atoms with Gasteiger partial charge in [-0.3, -0.25) is 9.59 Å². The van der Waals surface area contributed by atoms with Gasteiger partial charge >= 0.3 is 0 Å². The minimum Gasteiger partial charge on any atom is -0.352 e. The van der Waals surface area contributed by atoms with Crippen LogP contribution in [-0.2, 0) is 26.2 Å². The number of likely N-dealkylation sites (N-methyl/N-ethyl adjacent to an activating group) is 1. The van der Waals surface area contributed by atoms with Crippen LogP contribution >= 0.6 is 15.9 Å². The van der Waals surface area contributed by atoms with Crippen LogP contribution in [0.25, 0.3) is 10.8 Å². The first kappa shape index (κ1) is 27.8. The van der Waals surface area contributed by atoms with Gasteiger partial charge in [0, 0.05) is 24.1 Å². The number of hydrogen-bond donors (Lipinski definition) is 1. The molecule has 0 radical (unpaired) electrons. The van der Waals surface area contributed by atoms with Gasteiger partial charge in [0.2, 0.25) is 21.8 Å². The van der Waals surface area contributed by atoms with Crippen LogP contribution in [0.15, 0.2) is 76.1 Å². The van der Waals surface area contributed by atoms with E-state index in [0.29, 0.717) is 0 Å². The Kier molecular flexibility index (Phi) is 9.27. The third kappa shape index (κ3) is 6.72. The molecular weight excluding hydrogens is 542 g/mol. The van der Waals surface area contributed by atoms with E-state index in [2.05, 4.69) is 21.2 Å². The van der Waals surface area contributed by atoms with Crippen LogP contribution in [0, 0.1) is 0 Å². The third-order valence-corrected chi connectivity index (χ3v) is 8.49. The predicted molar refractivity (Wildman–Crippen MR) is 146 cm³/mol. The zero-order valence-electron chi connectivity index (χ0n) is 20.9. The number of benzene rings is 3. The smallest absolute Gasteiger partial charge is 0.243 e. The highest BCUT2D eigenvalue weighted by Gasteiger charge is 2.30. The van der Waals surface area contributed by atoms with Crippen molar-refractivity contribution in [2.45, 2.75) is 50.7 Å². The molecule has 0 saturated heterocycles. The molecule has 0 saturated carbocycles. The summed E-state index contributed by atoms with van der Waals surface area (Å²) in [5, 5.41) is 4.64. The number of carbonyl (C=O) groups is 2. The Morgan fingerprint density at radius 3 is 2.33 bits per heavy atom. The molecule has 2 unspecified atom stereocenters. The average molecular weight is 575 g/mol. The zero-order valence-corrected chi connectivity index (χ0v) is 23.3. The molecule has 0 bridgehead atoms. The van der Waals surface area contributed by atoms with Crippen LogP contribution in [0.2, 0.25) is 0 Å². The number of carbonyl (C=O) groups excluding carboxylic acids is 2. The normalized spacial score (nSPS) is 13.4. The van der Waals surface area contributed by atoms with Crippen molar-refractivity contribution < 1.29 is 18.0 Å². The van der Waals surface area contributed by atoms with E-state index < -0.39 is 28.5 Å². The standard InChI is InChI=1S/C27H32BrN3O4S/c1-5-19(2)29-27(33)20(3)31(17-21-9-8-12-24(28)15-21)26(32)18-30(4)36(34,35)25-14-13-22-10-6-7-11-23(22)16-25/h6-16,19-20H,5,17-18H2,1-4H3,(H,29,33). The molecule has 2 atom stereocenters. The fourth-order valence-electron chi connectivity index (χ4n) is 3.75. The van der Waals surface area contributed by atoms with Crippen molar-refractivity contribution >= 4 is 48.5 Å². The minimum absolute atomic E-state index is 0.0428. The first-order chi connectivity index (χ1) is 17.0. The minimum atomic E-state index is -3.93. The lowest BCUT2D eigenvalue weighted by Gasteiger charge is -2.31. The summed E-state index contributed by atoms with van der Waals surface area (Å²) < 4.78 is 28.5. The maximum Gasteiger partial charge on any atom is 0.243 e. The fraction of sp³-hybridized carbons (Fsp3) is 0.333. The van der Waals surface area contributed by atoms with Crippen molar-refractivity contribution in [1.29, 1.82) is 0 Å². The number of amides is 2. The number of nitrogens with zero attached hydrogens (tertiary/aromatic N) is 2. The zero-order chi connectivity index (χ0) is 26.5. The van der Waals surface area contributed by atoms with E-state index in [0.717, 1.165) is 31.5 Å². The molecule has 3 rings (SSSR count). The highest BCUT2D eigenvalue weighted by atomic mass is 79.9. The summed E-state index contributed by atoms with van der Waals surface area (Å²) in [7, 11) is -2.55. The Hall–Kier alpha value is -2.75. The second-order valence-corrected chi connectivity index (χ2v) is 11.9. The van der Waals surface area contributed by atoms with Crippen molar-refractivity contribution in [1.82, 2.24) is 14.5 Å². The van der Waals surface area contributed by atoms with Crippen LogP contribution in [-0.4, -0.2) is 55.1 Å². The molecule has 1 N–H and O–H groups in total. The van der Waals surface area contributed by atoms with E-state index in [-0.39, 0.29) is 23.4 Å². The van der Waals surface area contributed by atoms with Crippen molar-refractivity contribution in [2.24, 2.45) is 0 Å². The Bertz CT molecular complexity index is 1350.